The molecule has 0 spiro atoms. The first kappa shape index (κ1) is 53.9. The van der Waals surface area contributed by atoms with Crippen molar-refractivity contribution in [1.82, 2.24) is 37.2 Å². The maximum Gasteiger partial charge on any atom is 0.319 e. The van der Waals surface area contributed by atoms with Crippen LogP contribution in [0.2, 0.25) is 0 Å². The summed E-state index contributed by atoms with van der Waals surface area (Å²) in [5, 5.41) is 21.2. The Labute approximate surface area is 344 Å². The maximum absolute atomic E-state index is 13.6. The highest BCUT2D eigenvalue weighted by Crippen LogP contribution is 2.31. The van der Waals surface area contributed by atoms with Crippen molar-refractivity contribution in [3.63, 3.8) is 0 Å². The van der Waals surface area contributed by atoms with E-state index in [1.165, 1.54) is 0 Å². The van der Waals surface area contributed by atoms with Gasteiger partial charge in [0, 0.05) is 89.0 Å². The third kappa shape index (κ3) is 30.6. The van der Waals surface area contributed by atoms with E-state index < -0.39 is 17.3 Å². The van der Waals surface area contributed by atoms with Gasteiger partial charge in [0.15, 0.2) is 0 Å². The molecule has 332 valence electrons. The van der Waals surface area contributed by atoms with Gasteiger partial charge in [-0.1, -0.05) is 86.5 Å². The van der Waals surface area contributed by atoms with E-state index in [1.54, 1.807) is 13.8 Å². The molecule has 0 aromatic heterocycles. The molecule has 3 amide bonds. The number of amides is 3. The van der Waals surface area contributed by atoms with Gasteiger partial charge in [-0.2, -0.15) is 0 Å². The van der Waals surface area contributed by atoms with E-state index in [0.29, 0.717) is 78.5 Å². The molecule has 0 aromatic rings. The molecular formula is C42H81N7O8. The summed E-state index contributed by atoms with van der Waals surface area (Å²) >= 11 is 0. The number of rotatable bonds is 39. The standard InChI is InChI=1S/C42H81N7O8/c1-7-11-14-16-27-56-38(52)32-45-21-19-43-23-25-47-37(51)30-35(41(55)48-18-13-9-3)31-42(5,6)36(50)29-34(10-4)40(54)49-26-24-44-20-22-46-33-39(53)57-28-17-15-12-8-2/h34-35,43-46H,7-33H2,1-6H3,(H,47,51)(H,48,55)(H,49,54). The van der Waals surface area contributed by atoms with Gasteiger partial charge in [-0.05, 0) is 32.1 Å². The van der Waals surface area contributed by atoms with Crippen LogP contribution in [0.15, 0.2) is 0 Å². The van der Waals surface area contributed by atoms with Crippen LogP contribution >= 0.6 is 0 Å². The van der Waals surface area contributed by atoms with E-state index in [1.807, 2.05) is 13.8 Å². The second kappa shape index (κ2) is 36.0. The number of esters is 2. The van der Waals surface area contributed by atoms with E-state index in [2.05, 4.69) is 51.1 Å². The topological polar surface area (TPSA) is 205 Å². The van der Waals surface area contributed by atoms with Crippen LogP contribution in [0.5, 0.6) is 0 Å². The molecule has 2 atom stereocenters. The lowest BCUT2D eigenvalue weighted by Gasteiger charge is -2.29. The van der Waals surface area contributed by atoms with E-state index in [4.69, 9.17) is 9.47 Å². The number of unbranched alkanes of at least 4 members (excludes halogenated alkanes) is 7. The van der Waals surface area contributed by atoms with E-state index >= 15 is 0 Å². The Morgan fingerprint density at radius 2 is 0.947 bits per heavy atom. The number of ketones is 1. The number of hydrogen-bond donors (Lipinski definition) is 7. The lowest BCUT2D eigenvalue weighted by Crippen LogP contribution is -2.42. The van der Waals surface area contributed by atoms with Crippen LogP contribution in [0.25, 0.3) is 0 Å². The fourth-order valence-electron chi connectivity index (χ4n) is 5.96. The van der Waals surface area contributed by atoms with Crippen LogP contribution in [0.4, 0.5) is 0 Å². The number of hydrogen-bond acceptors (Lipinski definition) is 12. The smallest absolute Gasteiger partial charge is 0.319 e. The van der Waals surface area contributed by atoms with Crippen molar-refractivity contribution in [1.29, 1.82) is 0 Å². The second-order valence-corrected chi connectivity index (χ2v) is 15.4. The zero-order valence-corrected chi connectivity index (χ0v) is 36.5. The molecule has 0 saturated carbocycles. The Morgan fingerprint density at radius 1 is 0.491 bits per heavy atom. The average molecular weight is 812 g/mol. The van der Waals surface area contributed by atoms with Gasteiger partial charge in [0.1, 0.15) is 5.78 Å². The van der Waals surface area contributed by atoms with Crippen LogP contribution in [-0.4, -0.2) is 121 Å². The molecular weight excluding hydrogens is 731 g/mol. The molecule has 0 fully saturated rings. The largest absolute Gasteiger partial charge is 0.465 e. The predicted octanol–water partition coefficient (Wildman–Crippen LogP) is 3.15. The van der Waals surface area contributed by atoms with Gasteiger partial charge in [-0.15, -0.1) is 0 Å². The Morgan fingerprint density at radius 3 is 1.46 bits per heavy atom. The van der Waals surface area contributed by atoms with Crippen LogP contribution in [0.1, 0.15) is 131 Å². The minimum Gasteiger partial charge on any atom is -0.465 e. The molecule has 0 aromatic carbocycles. The summed E-state index contributed by atoms with van der Waals surface area (Å²) in [6.45, 7) is 17.6. The number of carbonyl (C=O) groups excluding carboxylic acids is 6. The summed E-state index contributed by atoms with van der Waals surface area (Å²) in [5.41, 5.74) is -0.938. The molecule has 0 aliphatic carbocycles. The minimum absolute atomic E-state index is 0.0402. The highest BCUT2D eigenvalue weighted by atomic mass is 16.5. The van der Waals surface area contributed by atoms with Crippen LogP contribution in [0, 0.1) is 17.3 Å². The SMILES string of the molecule is CCCCCCOC(=O)CNCCNCCNC(=O)CC(CC(C)(C)C(=O)CC(CC)C(=O)NCCNCCNCC(=O)OCCCCCC)C(=O)NCCCC. The number of nitrogens with one attached hydrogen (secondary N) is 7. The number of carbonyl (C=O) groups is 6. The first-order chi connectivity index (χ1) is 27.4. The summed E-state index contributed by atoms with van der Waals surface area (Å²) < 4.78 is 10.4. The van der Waals surface area contributed by atoms with Crippen molar-refractivity contribution in [3.05, 3.63) is 0 Å². The summed E-state index contributed by atoms with van der Waals surface area (Å²) in [4.78, 5) is 76.4. The van der Waals surface area contributed by atoms with Gasteiger partial charge >= 0.3 is 11.9 Å². The molecule has 0 aliphatic heterocycles. The van der Waals surface area contributed by atoms with E-state index in [-0.39, 0.29) is 67.8 Å². The van der Waals surface area contributed by atoms with Crippen LogP contribution in [-0.2, 0) is 38.2 Å². The van der Waals surface area contributed by atoms with Gasteiger partial charge in [-0.3, -0.25) is 28.8 Å². The summed E-state index contributed by atoms with van der Waals surface area (Å²) in [6, 6.07) is 0. The number of ether oxygens (including phenoxy) is 2. The molecule has 0 aliphatic rings. The van der Waals surface area contributed by atoms with Crippen molar-refractivity contribution < 1.29 is 38.2 Å². The van der Waals surface area contributed by atoms with Crippen molar-refractivity contribution in [2.24, 2.45) is 17.3 Å². The summed E-state index contributed by atoms with van der Waals surface area (Å²) in [5.74, 6) is -2.60. The quantitative estimate of drug-likeness (QED) is 0.0354. The third-order valence-corrected chi connectivity index (χ3v) is 9.68. The Balaban J connectivity index is 4.65. The van der Waals surface area contributed by atoms with Crippen molar-refractivity contribution >= 4 is 35.4 Å². The van der Waals surface area contributed by atoms with Crippen molar-refractivity contribution in [2.75, 3.05) is 85.2 Å². The van der Waals surface area contributed by atoms with Crippen molar-refractivity contribution in [2.45, 2.75) is 131 Å². The normalized spacial score (nSPS) is 12.4. The molecule has 0 saturated heterocycles. The number of Topliss-reactive ketones (excluding diaryl/α,β-unsaturated/α-hetero) is 1. The van der Waals surface area contributed by atoms with Crippen LogP contribution in [0.3, 0.4) is 0 Å². The summed E-state index contributed by atoms with van der Waals surface area (Å²) in [7, 11) is 0. The molecule has 2 unspecified atom stereocenters. The van der Waals surface area contributed by atoms with Crippen LogP contribution < -0.4 is 37.2 Å². The molecule has 0 heterocycles. The molecule has 15 nitrogen and oxygen atoms in total. The predicted molar refractivity (Wildman–Crippen MR) is 226 cm³/mol. The van der Waals surface area contributed by atoms with Gasteiger partial charge in [0.25, 0.3) is 0 Å². The second-order valence-electron chi connectivity index (χ2n) is 15.4. The molecule has 0 radical (unpaired) electrons. The van der Waals surface area contributed by atoms with Gasteiger partial charge in [0.05, 0.1) is 26.3 Å². The Bertz CT molecular complexity index is 1110. The van der Waals surface area contributed by atoms with Crippen molar-refractivity contribution in [3.8, 4) is 0 Å². The zero-order valence-electron chi connectivity index (χ0n) is 36.5. The monoisotopic (exact) mass is 812 g/mol. The first-order valence-corrected chi connectivity index (χ1v) is 21.9. The highest BCUT2D eigenvalue weighted by molar-refractivity contribution is 5.91. The molecule has 0 bridgehead atoms. The highest BCUT2D eigenvalue weighted by Gasteiger charge is 2.36. The molecule has 0 rings (SSSR count). The van der Waals surface area contributed by atoms with Gasteiger partial charge in [-0.25, -0.2) is 0 Å². The molecule has 15 heteroatoms. The van der Waals surface area contributed by atoms with Gasteiger partial charge < -0.3 is 46.7 Å². The zero-order chi connectivity index (χ0) is 42.6. The minimum atomic E-state index is -0.938. The fraction of sp³-hybridized carbons (Fsp3) is 0.857. The Kier molecular flexibility index (Phi) is 34.0. The Hall–Kier alpha value is -3.14. The fourth-order valence-corrected chi connectivity index (χ4v) is 5.96. The lowest BCUT2D eigenvalue weighted by molar-refractivity contribution is -0.143. The molecule has 57 heavy (non-hydrogen) atoms. The third-order valence-electron chi connectivity index (χ3n) is 9.68. The van der Waals surface area contributed by atoms with E-state index in [9.17, 15) is 28.8 Å². The molecule has 7 N–H and O–H groups in total. The summed E-state index contributed by atoms with van der Waals surface area (Å²) in [6.07, 6.45) is 10.8. The van der Waals surface area contributed by atoms with E-state index in [0.717, 1.165) is 64.2 Å². The average Bonchev–Trinajstić information content (AvgIpc) is 3.18. The first-order valence-electron chi connectivity index (χ1n) is 21.9. The lowest BCUT2D eigenvalue weighted by atomic mass is 9.75. The maximum atomic E-state index is 13.6. The van der Waals surface area contributed by atoms with Gasteiger partial charge in [0.2, 0.25) is 17.7 Å².